The van der Waals surface area contributed by atoms with Gasteiger partial charge < -0.3 is 19.1 Å². The van der Waals surface area contributed by atoms with Crippen LogP contribution in [0.4, 0.5) is 4.39 Å². The molecule has 7 nitrogen and oxygen atoms in total. The molecule has 1 aromatic carbocycles. The molecule has 0 saturated heterocycles. The second-order valence-corrected chi connectivity index (χ2v) is 12.9. The maximum absolute atomic E-state index is 14.9. The van der Waals surface area contributed by atoms with Crippen molar-refractivity contribution in [1.29, 1.82) is 0 Å². The Morgan fingerprint density at radius 3 is 2.41 bits per heavy atom. The van der Waals surface area contributed by atoms with E-state index in [9.17, 15) is 13.8 Å². The summed E-state index contributed by atoms with van der Waals surface area (Å²) in [5.74, 6) is 0.172. The lowest BCUT2D eigenvalue weighted by Crippen LogP contribution is -2.21. The highest BCUT2D eigenvalue weighted by molar-refractivity contribution is 7.57. The third kappa shape index (κ3) is 7.60. The fourth-order valence-corrected chi connectivity index (χ4v) is 5.66. The average Bonchev–Trinajstić information content (AvgIpc) is 2.82. The predicted octanol–water partition coefficient (Wildman–Crippen LogP) is 6.61. The van der Waals surface area contributed by atoms with Crippen LogP contribution in [-0.2, 0) is 15.9 Å². The molecule has 37 heavy (non-hydrogen) atoms. The van der Waals surface area contributed by atoms with Gasteiger partial charge in [-0.15, -0.1) is 0 Å². The van der Waals surface area contributed by atoms with Crippen LogP contribution >= 0.6 is 7.37 Å². The summed E-state index contributed by atoms with van der Waals surface area (Å²) in [5, 5.41) is 0. The zero-order valence-corrected chi connectivity index (χ0v) is 23.4. The van der Waals surface area contributed by atoms with E-state index >= 15 is 0 Å². The van der Waals surface area contributed by atoms with E-state index in [1.165, 1.54) is 13.8 Å². The fraction of sp³-hybridized carbons (Fsp3) is 0.429. The molecule has 0 spiro atoms. The van der Waals surface area contributed by atoms with Gasteiger partial charge in [-0.2, -0.15) is 0 Å². The summed E-state index contributed by atoms with van der Waals surface area (Å²) in [5.41, 5.74) is 3.35. The molecule has 2 heterocycles. The minimum absolute atomic E-state index is 0.112. The second-order valence-electron chi connectivity index (χ2n) is 10.5. The van der Waals surface area contributed by atoms with Gasteiger partial charge in [0.2, 0.25) is 11.8 Å². The number of rotatable bonds is 10. The molecule has 1 N–H and O–H groups in total. The molecule has 3 atom stereocenters. The SMILES string of the molecule is COc1cc(-c2ccc(COc3cc([C@H](C)CP(C)(=O)O)ccn3)cc2[C@@H](OC)C(C)(C)C)c(F)cn1. The Morgan fingerprint density at radius 1 is 1.05 bits per heavy atom. The van der Waals surface area contributed by atoms with Crippen LogP contribution in [-0.4, -0.2) is 41.9 Å². The normalized spacial score (nSPS) is 15.1. The van der Waals surface area contributed by atoms with Crippen LogP contribution in [0.2, 0.25) is 0 Å². The summed E-state index contributed by atoms with van der Waals surface area (Å²) < 4.78 is 43.8. The molecule has 0 fully saturated rings. The van der Waals surface area contributed by atoms with E-state index in [1.807, 2.05) is 31.2 Å². The van der Waals surface area contributed by atoms with Gasteiger partial charge in [-0.25, -0.2) is 14.4 Å². The van der Waals surface area contributed by atoms with Crippen LogP contribution in [0.3, 0.4) is 0 Å². The van der Waals surface area contributed by atoms with Crippen molar-refractivity contribution in [3.8, 4) is 22.9 Å². The lowest BCUT2D eigenvalue weighted by atomic mass is 9.81. The van der Waals surface area contributed by atoms with Gasteiger partial charge in [-0.1, -0.05) is 39.8 Å². The van der Waals surface area contributed by atoms with Crippen LogP contribution in [0, 0.1) is 11.2 Å². The first kappa shape index (κ1) is 28.8. The summed E-state index contributed by atoms with van der Waals surface area (Å²) in [7, 11) is -0.0120. The Hall–Kier alpha value is -2.80. The van der Waals surface area contributed by atoms with Crippen LogP contribution < -0.4 is 9.47 Å². The van der Waals surface area contributed by atoms with Crippen molar-refractivity contribution in [3.63, 3.8) is 0 Å². The van der Waals surface area contributed by atoms with Crippen molar-refractivity contribution in [1.82, 2.24) is 9.97 Å². The molecule has 2 aromatic heterocycles. The third-order valence-corrected chi connectivity index (χ3v) is 7.30. The van der Waals surface area contributed by atoms with Gasteiger partial charge >= 0.3 is 0 Å². The average molecular weight is 531 g/mol. The number of ether oxygens (including phenoxy) is 3. The molecule has 0 bridgehead atoms. The van der Waals surface area contributed by atoms with Gasteiger partial charge in [0.1, 0.15) is 12.4 Å². The molecule has 0 aliphatic heterocycles. The van der Waals surface area contributed by atoms with Crippen molar-refractivity contribution in [2.45, 2.75) is 46.3 Å². The molecule has 0 radical (unpaired) electrons. The van der Waals surface area contributed by atoms with Crippen molar-refractivity contribution < 1.29 is 28.1 Å². The lowest BCUT2D eigenvalue weighted by Gasteiger charge is -2.32. The number of benzene rings is 1. The molecule has 200 valence electrons. The summed E-state index contributed by atoms with van der Waals surface area (Å²) >= 11 is 0. The molecule has 1 unspecified atom stereocenters. The zero-order valence-electron chi connectivity index (χ0n) is 22.5. The maximum atomic E-state index is 14.9. The summed E-state index contributed by atoms with van der Waals surface area (Å²) in [6.07, 6.45) is 2.64. The van der Waals surface area contributed by atoms with E-state index in [1.54, 1.807) is 25.4 Å². The van der Waals surface area contributed by atoms with Gasteiger partial charge in [-0.3, -0.25) is 4.57 Å². The minimum Gasteiger partial charge on any atom is -0.481 e. The molecule has 0 saturated carbocycles. The highest BCUT2D eigenvalue weighted by atomic mass is 31.2. The van der Waals surface area contributed by atoms with Crippen LogP contribution in [0.15, 0.2) is 48.8 Å². The summed E-state index contributed by atoms with van der Waals surface area (Å²) in [4.78, 5) is 18.0. The van der Waals surface area contributed by atoms with Gasteiger partial charge in [0.25, 0.3) is 0 Å². The zero-order chi connectivity index (χ0) is 27.4. The number of halogens is 1. The third-order valence-electron chi connectivity index (χ3n) is 6.08. The van der Waals surface area contributed by atoms with Gasteiger partial charge in [-0.05, 0) is 45.7 Å². The topological polar surface area (TPSA) is 90.8 Å². The number of hydrogen-bond acceptors (Lipinski definition) is 6. The molecule has 0 amide bonds. The number of methoxy groups -OCH3 is 2. The summed E-state index contributed by atoms with van der Waals surface area (Å²) in [6.45, 7) is 9.69. The number of pyridine rings is 2. The van der Waals surface area contributed by atoms with Crippen LogP contribution in [0.5, 0.6) is 11.8 Å². The van der Waals surface area contributed by atoms with Crippen LogP contribution in [0.1, 0.15) is 56.4 Å². The second kappa shape index (κ2) is 11.7. The quantitative estimate of drug-likeness (QED) is 0.295. The first-order valence-corrected chi connectivity index (χ1v) is 14.3. The molecule has 3 aromatic rings. The van der Waals surface area contributed by atoms with Crippen molar-refractivity contribution >= 4 is 7.37 Å². The first-order chi connectivity index (χ1) is 17.3. The molecular weight excluding hydrogens is 494 g/mol. The first-order valence-electron chi connectivity index (χ1n) is 12.1. The number of aromatic nitrogens is 2. The molecular formula is C28H36FN2O5P. The van der Waals surface area contributed by atoms with E-state index < -0.39 is 13.2 Å². The monoisotopic (exact) mass is 530 g/mol. The van der Waals surface area contributed by atoms with Crippen LogP contribution in [0.25, 0.3) is 11.1 Å². The summed E-state index contributed by atoms with van der Waals surface area (Å²) in [6, 6.07) is 10.9. The Kier molecular flexibility index (Phi) is 9.11. The highest BCUT2D eigenvalue weighted by Crippen LogP contribution is 2.42. The Bertz CT molecular complexity index is 1270. The van der Waals surface area contributed by atoms with Crippen molar-refractivity contribution in [2.24, 2.45) is 5.41 Å². The Balaban J connectivity index is 1.94. The Labute approximate surface area is 218 Å². The predicted molar refractivity (Wildman–Crippen MR) is 143 cm³/mol. The highest BCUT2D eigenvalue weighted by Gasteiger charge is 2.29. The maximum Gasteiger partial charge on any atom is 0.213 e. The molecule has 3 rings (SSSR count). The van der Waals surface area contributed by atoms with Gasteiger partial charge in [0, 0.05) is 43.8 Å². The Morgan fingerprint density at radius 2 is 1.78 bits per heavy atom. The number of nitrogens with zero attached hydrogens (tertiary/aromatic N) is 2. The van der Waals surface area contributed by atoms with E-state index in [0.717, 1.165) is 22.9 Å². The fourth-order valence-electron chi connectivity index (χ4n) is 4.43. The minimum atomic E-state index is -3.15. The molecule has 9 heteroatoms. The van der Waals surface area contributed by atoms with Crippen molar-refractivity contribution in [3.05, 3.63) is 71.3 Å². The lowest BCUT2D eigenvalue weighted by molar-refractivity contribution is 0.0155. The van der Waals surface area contributed by atoms with Gasteiger partial charge in [0.15, 0.2) is 7.37 Å². The van der Waals surface area contributed by atoms with E-state index in [4.69, 9.17) is 14.2 Å². The standard InChI is InChI=1S/C28H36FN2O5P/c1-18(17-37(7,32)33)20-10-11-30-26(13-20)36-16-19-8-9-21(22-14-25(34-5)31-15-24(22)29)23(12-19)27(35-6)28(2,3)4/h8-15,18,27H,16-17H2,1-7H3,(H,32,33)/t18-,27-/m1/s1. The van der Waals surface area contributed by atoms with E-state index in [2.05, 4.69) is 30.7 Å². The van der Waals surface area contributed by atoms with Crippen molar-refractivity contribution in [2.75, 3.05) is 27.0 Å². The molecule has 0 aliphatic rings. The van der Waals surface area contributed by atoms with E-state index in [0.29, 0.717) is 22.9 Å². The number of hydrogen-bond donors (Lipinski definition) is 1. The largest absolute Gasteiger partial charge is 0.481 e. The molecule has 0 aliphatic carbocycles. The van der Waals surface area contributed by atoms with E-state index in [-0.39, 0.29) is 30.2 Å². The van der Waals surface area contributed by atoms with Gasteiger partial charge in [0.05, 0.1) is 19.4 Å². The smallest absolute Gasteiger partial charge is 0.213 e.